The van der Waals surface area contributed by atoms with Crippen molar-refractivity contribution in [2.24, 2.45) is 11.8 Å². The summed E-state index contributed by atoms with van der Waals surface area (Å²) < 4.78 is 88.5. The summed E-state index contributed by atoms with van der Waals surface area (Å²) in [4.78, 5) is 39.1. The number of aromatic nitrogens is 2. The topological polar surface area (TPSA) is 75.6 Å². The molecule has 2 heterocycles. The van der Waals surface area contributed by atoms with E-state index < -0.39 is 29.5 Å². The van der Waals surface area contributed by atoms with Crippen LogP contribution < -0.4 is 10.4 Å². The van der Waals surface area contributed by atoms with Gasteiger partial charge in [0.1, 0.15) is 7.85 Å². The molecule has 0 bridgehead atoms. The minimum Gasteiger partial charge on any atom is -0.466 e. The molecule has 284 valence electrons. The van der Waals surface area contributed by atoms with Crippen LogP contribution in [0.4, 0.5) is 32.3 Å². The molecule has 2 aliphatic rings. The Labute approximate surface area is 307 Å². The summed E-state index contributed by atoms with van der Waals surface area (Å²) in [5.41, 5.74) is -1.76. The molecule has 5 rings (SSSR count). The number of anilines is 1. The molecule has 1 amide bonds. The molecule has 1 aromatic heterocycles. The third-order valence-electron chi connectivity index (χ3n) is 10.4. The Morgan fingerprint density at radius 3 is 2.04 bits per heavy atom. The number of benzene rings is 2. The van der Waals surface area contributed by atoms with Crippen LogP contribution in [0.2, 0.25) is 0 Å². The van der Waals surface area contributed by atoms with Gasteiger partial charge >= 0.3 is 18.3 Å². The van der Waals surface area contributed by atoms with Gasteiger partial charge in [-0.2, -0.15) is 26.3 Å². The Balaban J connectivity index is 1.50. The number of piperidine rings is 1. The average molecular weight is 743 g/mol. The van der Waals surface area contributed by atoms with Gasteiger partial charge in [0.05, 0.1) is 17.7 Å². The highest BCUT2D eigenvalue weighted by Crippen LogP contribution is 2.40. The van der Waals surface area contributed by atoms with Crippen molar-refractivity contribution in [2.45, 2.75) is 115 Å². The van der Waals surface area contributed by atoms with Crippen LogP contribution in [0.3, 0.4) is 0 Å². The van der Waals surface area contributed by atoms with E-state index in [-0.39, 0.29) is 65.4 Å². The van der Waals surface area contributed by atoms with Crippen LogP contribution in [0, 0.1) is 11.8 Å². The second kappa shape index (κ2) is 17.4. The molecule has 53 heavy (non-hydrogen) atoms. The first-order valence-corrected chi connectivity index (χ1v) is 18.3. The van der Waals surface area contributed by atoms with Crippen LogP contribution in [-0.4, -0.2) is 59.3 Å². The molecule has 1 saturated carbocycles. The van der Waals surface area contributed by atoms with Gasteiger partial charge in [-0.1, -0.05) is 49.1 Å². The number of esters is 1. The minimum absolute atomic E-state index is 0.0420. The van der Waals surface area contributed by atoms with E-state index in [4.69, 9.17) is 12.6 Å². The van der Waals surface area contributed by atoms with Gasteiger partial charge < -0.3 is 14.5 Å². The summed E-state index contributed by atoms with van der Waals surface area (Å²) >= 11 is 0. The number of nitrogens with zero attached hydrogens (tertiary/aromatic N) is 4. The van der Waals surface area contributed by atoms with Gasteiger partial charge in [-0.05, 0) is 93.5 Å². The lowest BCUT2D eigenvalue weighted by molar-refractivity contribution is -0.146. The number of halogens is 6. The summed E-state index contributed by atoms with van der Waals surface area (Å²) in [5, 5.41) is 0. The van der Waals surface area contributed by atoms with Crippen molar-refractivity contribution >= 4 is 31.1 Å². The lowest BCUT2D eigenvalue weighted by atomic mass is 9.78. The Bertz CT molecular complexity index is 1630. The molecule has 14 heteroatoms. The zero-order valence-corrected chi connectivity index (χ0v) is 30.0. The van der Waals surface area contributed by atoms with Gasteiger partial charge in [0.25, 0.3) is 0 Å². The Kier molecular flexibility index (Phi) is 13.1. The van der Waals surface area contributed by atoms with Crippen molar-refractivity contribution in [2.75, 3.05) is 11.5 Å². The summed E-state index contributed by atoms with van der Waals surface area (Å²) in [5.74, 6) is -0.156. The molecule has 1 aliphatic heterocycles. The fourth-order valence-electron chi connectivity index (χ4n) is 7.95. The molecule has 0 spiro atoms. The standard InChI is InChI=1S/C39H45BF6N4O3/c1-3-8-32-20-33(49(37-47-22-31(40)23-48-37)24-27-15-29(38(41,42)43)19-30(16-27)39(44,45)46)21-34(17-25-9-6-5-7-10-25)50(32)36(52)28-13-11-26(12-14-28)18-35(51)53-4-2/h5-7,9-10,15-16,19,22-23,26,28,32-34H,3-4,8,11-14,17-18,20-21,24H2,1-2H3/t26?,28?,32-,33+,34+/m1/s1. The second-order valence-corrected chi connectivity index (χ2v) is 14.2. The maximum absolute atomic E-state index is 14.6. The van der Waals surface area contributed by atoms with Crippen molar-refractivity contribution in [1.82, 2.24) is 14.9 Å². The molecule has 1 saturated heterocycles. The van der Waals surface area contributed by atoms with E-state index in [1.54, 1.807) is 11.8 Å². The summed E-state index contributed by atoms with van der Waals surface area (Å²) in [7, 11) is 5.87. The zero-order chi connectivity index (χ0) is 38.3. The van der Waals surface area contributed by atoms with Crippen molar-refractivity contribution in [3.8, 4) is 0 Å². The number of likely N-dealkylation sites (tertiary alicyclic amines) is 1. The Morgan fingerprint density at radius 1 is 0.868 bits per heavy atom. The van der Waals surface area contributed by atoms with E-state index in [0.29, 0.717) is 51.6 Å². The largest absolute Gasteiger partial charge is 0.466 e. The van der Waals surface area contributed by atoms with Crippen LogP contribution in [0.15, 0.2) is 60.9 Å². The van der Waals surface area contributed by atoms with Gasteiger partial charge in [0, 0.05) is 49.4 Å². The van der Waals surface area contributed by atoms with Crippen LogP contribution >= 0.6 is 0 Å². The summed E-state index contributed by atoms with van der Waals surface area (Å²) in [6.07, 6.45) is -1.58. The minimum atomic E-state index is -5.00. The van der Waals surface area contributed by atoms with Gasteiger partial charge in [0.15, 0.2) is 0 Å². The third kappa shape index (κ3) is 10.5. The van der Waals surface area contributed by atoms with Gasteiger partial charge in [0.2, 0.25) is 11.9 Å². The van der Waals surface area contributed by atoms with Crippen LogP contribution in [0.25, 0.3) is 0 Å². The number of carbonyl (C=O) groups is 2. The fourth-order valence-corrected chi connectivity index (χ4v) is 7.95. The zero-order valence-electron chi connectivity index (χ0n) is 30.0. The molecule has 3 aromatic rings. The molecule has 7 nitrogen and oxygen atoms in total. The SMILES string of the molecule is [B]c1cnc(N(Cc2cc(C(F)(F)F)cc(C(F)(F)F)c2)[C@H]2C[C@@H](CCC)N(C(=O)C3CCC(CC(=O)OCC)CC3)[C@@H](Cc3ccccc3)C2)nc1. The third-order valence-corrected chi connectivity index (χ3v) is 10.4. The number of amides is 1. The van der Waals surface area contributed by atoms with E-state index >= 15 is 0 Å². The molecular formula is C39H45BF6N4O3. The Morgan fingerprint density at radius 2 is 1.47 bits per heavy atom. The Hall–Kier alpha value is -4.10. The number of hydrogen-bond acceptors (Lipinski definition) is 6. The van der Waals surface area contributed by atoms with Crippen molar-refractivity contribution < 1.29 is 40.7 Å². The molecule has 3 atom stereocenters. The summed E-state index contributed by atoms with van der Waals surface area (Å²) in [6.45, 7) is 3.77. The highest BCUT2D eigenvalue weighted by molar-refractivity contribution is 6.31. The smallest absolute Gasteiger partial charge is 0.416 e. The monoisotopic (exact) mass is 742 g/mol. The second-order valence-electron chi connectivity index (χ2n) is 14.2. The molecular weight excluding hydrogens is 697 g/mol. The summed E-state index contributed by atoms with van der Waals surface area (Å²) in [6, 6.07) is 10.2. The average Bonchev–Trinajstić information content (AvgIpc) is 3.11. The van der Waals surface area contributed by atoms with Crippen LogP contribution in [0.5, 0.6) is 0 Å². The quantitative estimate of drug-likeness (QED) is 0.107. The first kappa shape index (κ1) is 40.1. The molecule has 0 N–H and O–H groups in total. The van der Waals surface area contributed by atoms with Crippen LogP contribution in [0.1, 0.15) is 93.9 Å². The molecule has 0 unspecified atom stereocenters. The van der Waals surface area contributed by atoms with E-state index in [0.717, 1.165) is 37.0 Å². The first-order valence-electron chi connectivity index (χ1n) is 18.3. The number of ether oxygens (including phenoxy) is 1. The van der Waals surface area contributed by atoms with Gasteiger partial charge in [-0.15, -0.1) is 0 Å². The predicted molar refractivity (Wildman–Crippen MR) is 189 cm³/mol. The van der Waals surface area contributed by atoms with Gasteiger partial charge in [-0.25, -0.2) is 9.97 Å². The molecule has 2 fully saturated rings. The number of alkyl halides is 6. The van der Waals surface area contributed by atoms with E-state index in [1.807, 2.05) is 42.2 Å². The number of rotatable bonds is 12. The number of carbonyl (C=O) groups excluding carboxylic acids is 2. The normalized spacial score (nSPS) is 22.3. The number of hydrogen-bond donors (Lipinski definition) is 0. The van der Waals surface area contributed by atoms with E-state index in [1.165, 1.54) is 12.4 Å². The molecule has 2 radical (unpaired) electrons. The lowest BCUT2D eigenvalue weighted by Gasteiger charge is -2.50. The van der Waals surface area contributed by atoms with Gasteiger partial charge in [-0.3, -0.25) is 9.59 Å². The van der Waals surface area contributed by atoms with Crippen molar-refractivity contribution in [3.05, 3.63) is 83.2 Å². The molecule has 2 aromatic carbocycles. The van der Waals surface area contributed by atoms with Crippen molar-refractivity contribution in [1.29, 1.82) is 0 Å². The highest BCUT2D eigenvalue weighted by Gasteiger charge is 2.44. The lowest BCUT2D eigenvalue weighted by Crippen LogP contribution is -2.59. The molecule has 1 aliphatic carbocycles. The van der Waals surface area contributed by atoms with Crippen molar-refractivity contribution in [3.63, 3.8) is 0 Å². The van der Waals surface area contributed by atoms with E-state index in [9.17, 15) is 35.9 Å². The van der Waals surface area contributed by atoms with E-state index in [2.05, 4.69) is 9.97 Å². The van der Waals surface area contributed by atoms with Crippen LogP contribution in [-0.2, 0) is 39.6 Å². The fraction of sp³-hybridized carbons (Fsp3) is 0.538. The first-order chi connectivity index (χ1) is 25.2. The predicted octanol–water partition coefficient (Wildman–Crippen LogP) is 7.85. The maximum Gasteiger partial charge on any atom is 0.416 e. The maximum atomic E-state index is 14.6. The highest BCUT2D eigenvalue weighted by atomic mass is 19.4.